The first kappa shape index (κ1) is 14.1. The number of phenolic OH excluding ortho intramolecular Hbond substituents is 1. The molecule has 120 valence electrons. The van der Waals surface area contributed by atoms with Crippen LogP contribution in [-0.4, -0.2) is 11.8 Å². The number of nitrogen functional groups attached to an aromatic ring is 2. The molecule has 4 rings (SSSR count). The highest BCUT2D eigenvalue weighted by Crippen LogP contribution is 2.47. The number of hydrogen-bond acceptors (Lipinski definition) is 5. The number of aromatic hydroxyl groups is 1. The number of anilines is 4. The molecule has 0 amide bonds. The van der Waals surface area contributed by atoms with E-state index in [1.54, 1.807) is 0 Å². The van der Waals surface area contributed by atoms with Crippen molar-refractivity contribution in [2.45, 2.75) is 33.9 Å². The Morgan fingerprint density at radius 2 is 1.43 bits per heavy atom. The molecule has 2 bridgehead atoms. The number of benzene rings is 2. The standard InChI is InChI=1S/C18H22N4O/c1-9-4-10(2)16-12(15(9)20)6-21-8-22(16)7-13-17(21)11(3)5-14(19)18(13)23/h4-5,23H,6-8,19-20H2,1-3H3. The van der Waals surface area contributed by atoms with Gasteiger partial charge in [-0.15, -0.1) is 0 Å². The monoisotopic (exact) mass is 310 g/mol. The predicted octanol–water partition coefficient (Wildman–Crippen LogP) is 2.78. The predicted molar refractivity (Wildman–Crippen MR) is 94.8 cm³/mol. The van der Waals surface area contributed by atoms with Crippen LogP contribution in [0.1, 0.15) is 27.8 Å². The van der Waals surface area contributed by atoms with Crippen molar-refractivity contribution in [1.29, 1.82) is 0 Å². The molecule has 2 heterocycles. The van der Waals surface area contributed by atoms with Crippen LogP contribution in [0.5, 0.6) is 5.75 Å². The first-order chi connectivity index (χ1) is 10.9. The van der Waals surface area contributed by atoms with Crippen molar-refractivity contribution in [1.82, 2.24) is 0 Å². The second-order valence-corrected chi connectivity index (χ2v) is 6.75. The summed E-state index contributed by atoms with van der Waals surface area (Å²) >= 11 is 0. The second-order valence-electron chi connectivity index (χ2n) is 6.75. The minimum atomic E-state index is 0.210. The third-order valence-electron chi connectivity index (χ3n) is 5.10. The molecule has 0 fully saturated rings. The fraction of sp³-hybridized carbons (Fsp3) is 0.333. The van der Waals surface area contributed by atoms with Crippen molar-refractivity contribution >= 4 is 22.7 Å². The average Bonchev–Trinajstić information content (AvgIpc) is 2.49. The van der Waals surface area contributed by atoms with Gasteiger partial charge >= 0.3 is 0 Å². The van der Waals surface area contributed by atoms with Crippen LogP contribution < -0.4 is 21.3 Å². The Hall–Kier alpha value is -2.56. The third kappa shape index (κ3) is 1.79. The minimum Gasteiger partial charge on any atom is -0.505 e. The summed E-state index contributed by atoms with van der Waals surface area (Å²) in [6.07, 6.45) is 0. The summed E-state index contributed by atoms with van der Waals surface area (Å²) in [6, 6.07) is 3.99. The maximum atomic E-state index is 10.4. The van der Waals surface area contributed by atoms with Gasteiger partial charge in [-0.3, -0.25) is 0 Å². The Kier molecular flexibility index (Phi) is 2.73. The highest BCUT2D eigenvalue weighted by molar-refractivity contribution is 5.81. The fourth-order valence-electron chi connectivity index (χ4n) is 4.15. The number of nitrogens with zero attached hydrogens (tertiary/aromatic N) is 2. The number of nitrogens with two attached hydrogens (primary N) is 2. The third-order valence-corrected chi connectivity index (χ3v) is 5.10. The van der Waals surface area contributed by atoms with Crippen LogP contribution in [0.25, 0.3) is 0 Å². The molecule has 5 heteroatoms. The summed E-state index contributed by atoms with van der Waals surface area (Å²) < 4.78 is 0. The van der Waals surface area contributed by atoms with Gasteiger partial charge in [0.05, 0.1) is 24.6 Å². The van der Waals surface area contributed by atoms with E-state index in [1.807, 2.05) is 13.0 Å². The topological polar surface area (TPSA) is 78.8 Å². The van der Waals surface area contributed by atoms with Crippen molar-refractivity contribution in [3.8, 4) is 5.75 Å². The minimum absolute atomic E-state index is 0.210. The molecule has 0 aromatic heterocycles. The molecule has 0 spiro atoms. The summed E-state index contributed by atoms with van der Waals surface area (Å²) in [5, 5.41) is 10.4. The normalized spacial score (nSPS) is 15.4. The van der Waals surface area contributed by atoms with E-state index in [0.29, 0.717) is 12.2 Å². The molecule has 2 aromatic rings. The molecule has 2 aromatic carbocycles. The van der Waals surface area contributed by atoms with Crippen molar-refractivity contribution in [3.05, 3.63) is 39.9 Å². The van der Waals surface area contributed by atoms with Gasteiger partial charge in [0.2, 0.25) is 0 Å². The smallest absolute Gasteiger partial charge is 0.145 e. The first-order valence-electron chi connectivity index (χ1n) is 7.87. The highest BCUT2D eigenvalue weighted by atomic mass is 16.3. The molecule has 0 saturated carbocycles. The molecule has 0 saturated heterocycles. The van der Waals surface area contributed by atoms with E-state index in [9.17, 15) is 5.11 Å². The summed E-state index contributed by atoms with van der Waals surface area (Å²) in [7, 11) is 0. The van der Waals surface area contributed by atoms with Gasteiger partial charge in [0.15, 0.2) is 0 Å². The molecular formula is C18H22N4O. The van der Waals surface area contributed by atoms with Gasteiger partial charge in [-0.1, -0.05) is 6.07 Å². The number of rotatable bonds is 0. The van der Waals surface area contributed by atoms with Gasteiger partial charge in [-0.25, -0.2) is 0 Å². The van der Waals surface area contributed by atoms with Crippen LogP contribution in [-0.2, 0) is 13.1 Å². The van der Waals surface area contributed by atoms with Crippen LogP contribution in [0.15, 0.2) is 12.1 Å². The van der Waals surface area contributed by atoms with Crippen LogP contribution in [0.3, 0.4) is 0 Å². The van der Waals surface area contributed by atoms with Crippen LogP contribution >= 0.6 is 0 Å². The van der Waals surface area contributed by atoms with Crippen LogP contribution in [0.4, 0.5) is 22.7 Å². The molecule has 23 heavy (non-hydrogen) atoms. The lowest BCUT2D eigenvalue weighted by molar-refractivity contribution is 0.465. The van der Waals surface area contributed by atoms with E-state index >= 15 is 0 Å². The first-order valence-corrected chi connectivity index (χ1v) is 7.87. The number of fused-ring (bicyclic) bond motifs is 6. The average molecular weight is 310 g/mol. The van der Waals surface area contributed by atoms with Gasteiger partial charge in [-0.05, 0) is 43.5 Å². The van der Waals surface area contributed by atoms with Crippen molar-refractivity contribution in [2.24, 2.45) is 0 Å². The van der Waals surface area contributed by atoms with Gasteiger partial charge in [0.25, 0.3) is 0 Å². The molecule has 0 radical (unpaired) electrons. The Balaban J connectivity index is 1.94. The van der Waals surface area contributed by atoms with Crippen molar-refractivity contribution in [3.63, 3.8) is 0 Å². The summed E-state index contributed by atoms with van der Waals surface area (Å²) in [4.78, 5) is 4.57. The number of hydrogen-bond donors (Lipinski definition) is 3. The van der Waals surface area contributed by atoms with Gasteiger partial charge in [0.1, 0.15) is 5.75 Å². The highest BCUT2D eigenvalue weighted by Gasteiger charge is 2.34. The molecule has 5 nitrogen and oxygen atoms in total. The molecule has 0 atom stereocenters. The quantitative estimate of drug-likeness (QED) is 0.515. The molecule has 2 aliphatic rings. The fourth-order valence-corrected chi connectivity index (χ4v) is 4.15. The van der Waals surface area contributed by atoms with Crippen molar-refractivity contribution < 1.29 is 5.11 Å². The molecule has 0 aliphatic carbocycles. The van der Waals surface area contributed by atoms with Gasteiger partial charge < -0.3 is 26.4 Å². The van der Waals surface area contributed by atoms with E-state index in [0.717, 1.165) is 41.3 Å². The van der Waals surface area contributed by atoms with Crippen molar-refractivity contribution in [2.75, 3.05) is 27.9 Å². The molecule has 5 N–H and O–H groups in total. The van der Waals surface area contributed by atoms with Crippen LogP contribution in [0.2, 0.25) is 0 Å². The number of phenols is 1. The van der Waals surface area contributed by atoms with E-state index in [4.69, 9.17) is 11.5 Å². The van der Waals surface area contributed by atoms with E-state index in [2.05, 4.69) is 29.7 Å². The number of aryl methyl sites for hydroxylation is 3. The van der Waals surface area contributed by atoms with E-state index in [-0.39, 0.29) is 5.75 Å². The second kappa shape index (κ2) is 4.47. The lowest BCUT2D eigenvalue weighted by atomic mass is 9.93. The van der Waals surface area contributed by atoms with E-state index in [1.165, 1.54) is 16.8 Å². The largest absolute Gasteiger partial charge is 0.505 e. The lowest BCUT2D eigenvalue weighted by Gasteiger charge is -2.46. The molecule has 2 aliphatic heterocycles. The Labute approximate surface area is 136 Å². The van der Waals surface area contributed by atoms with E-state index < -0.39 is 0 Å². The summed E-state index contributed by atoms with van der Waals surface area (Å²) in [5.41, 5.74) is 21.5. The summed E-state index contributed by atoms with van der Waals surface area (Å²) in [6.45, 7) is 8.46. The SMILES string of the molecule is Cc1cc(C)c2c(c1N)CN1CN2Cc2c(O)c(N)cc(C)c21. The Morgan fingerprint density at radius 3 is 2.13 bits per heavy atom. The molecular weight excluding hydrogens is 288 g/mol. The Morgan fingerprint density at radius 1 is 0.870 bits per heavy atom. The van der Waals surface area contributed by atoms with Gasteiger partial charge in [-0.2, -0.15) is 0 Å². The zero-order valence-corrected chi connectivity index (χ0v) is 13.8. The maximum absolute atomic E-state index is 10.4. The maximum Gasteiger partial charge on any atom is 0.145 e. The van der Waals surface area contributed by atoms with Crippen LogP contribution in [0, 0.1) is 20.8 Å². The molecule has 0 unspecified atom stereocenters. The summed E-state index contributed by atoms with van der Waals surface area (Å²) in [5.74, 6) is 0.210. The Bertz CT molecular complexity index is 774. The lowest BCUT2D eigenvalue weighted by Crippen LogP contribution is -2.47. The zero-order valence-electron chi connectivity index (χ0n) is 13.8. The van der Waals surface area contributed by atoms with Gasteiger partial charge in [0, 0.05) is 29.0 Å². The zero-order chi connectivity index (χ0) is 16.5.